The molecular formula is C13H27NO3S. The molecule has 0 aliphatic heterocycles. The minimum absolute atomic E-state index is 0.0562. The van der Waals surface area contributed by atoms with E-state index in [0.29, 0.717) is 6.42 Å². The van der Waals surface area contributed by atoms with Gasteiger partial charge in [-0.25, -0.2) is 8.42 Å². The van der Waals surface area contributed by atoms with Gasteiger partial charge in [-0.3, -0.25) is 4.79 Å². The standard InChI is InChI=1S/C13H27NO3S/c1-2-3-4-5-6-7-8-9-11-18(16,17)12-10-13(14)15/h2-12H2,1H3,(H2,14,15). The van der Waals surface area contributed by atoms with E-state index in [2.05, 4.69) is 6.92 Å². The van der Waals surface area contributed by atoms with E-state index in [1.54, 1.807) is 0 Å². The van der Waals surface area contributed by atoms with Gasteiger partial charge in [-0.1, -0.05) is 51.9 Å². The number of unbranched alkanes of at least 4 members (excludes halogenated alkanes) is 7. The summed E-state index contributed by atoms with van der Waals surface area (Å²) in [6.07, 6.45) is 8.99. The van der Waals surface area contributed by atoms with Gasteiger partial charge in [-0.05, 0) is 6.42 Å². The van der Waals surface area contributed by atoms with Crippen LogP contribution in [0.2, 0.25) is 0 Å². The smallest absolute Gasteiger partial charge is 0.218 e. The molecule has 0 aliphatic rings. The van der Waals surface area contributed by atoms with Crippen LogP contribution in [0.3, 0.4) is 0 Å². The molecule has 108 valence electrons. The highest BCUT2D eigenvalue weighted by atomic mass is 32.2. The third-order valence-electron chi connectivity index (χ3n) is 2.97. The summed E-state index contributed by atoms with van der Waals surface area (Å²) in [5, 5.41) is 0. The van der Waals surface area contributed by atoms with Gasteiger partial charge in [-0.2, -0.15) is 0 Å². The summed E-state index contributed by atoms with van der Waals surface area (Å²) in [5.41, 5.74) is 4.93. The van der Waals surface area contributed by atoms with Crippen molar-refractivity contribution in [3.05, 3.63) is 0 Å². The van der Waals surface area contributed by atoms with E-state index < -0.39 is 15.7 Å². The second-order valence-corrected chi connectivity index (χ2v) is 7.15. The maximum absolute atomic E-state index is 11.5. The Bertz CT molecular complexity index is 312. The summed E-state index contributed by atoms with van der Waals surface area (Å²) in [7, 11) is -3.08. The van der Waals surface area contributed by atoms with Crippen LogP contribution in [-0.4, -0.2) is 25.8 Å². The average molecular weight is 277 g/mol. The van der Waals surface area contributed by atoms with Crippen LogP contribution in [0.4, 0.5) is 0 Å². The quantitative estimate of drug-likeness (QED) is 0.556. The molecule has 0 rings (SSSR count). The van der Waals surface area contributed by atoms with E-state index in [1.165, 1.54) is 32.1 Å². The zero-order valence-corrected chi connectivity index (χ0v) is 12.3. The van der Waals surface area contributed by atoms with E-state index in [1.807, 2.05) is 0 Å². The topological polar surface area (TPSA) is 77.2 Å². The van der Waals surface area contributed by atoms with E-state index in [0.717, 1.165) is 12.8 Å². The largest absolute Gasteiger partial charge is 0.370 e. The van der Waals surface area contributed by atoms with E-state index in [4.69, 9.17) is 5.73 Å². The molecule has 0 aliphatic carbocycles. The fourth-order valence-electron chi connectivity index (χ4n) is 1.81. The Morgan fingerprint density at radius 1 is 0.889 bits per heavy atom. The molecule has 1 amide bonds. The lowest BCUT2D eigenvalue weighted by atomic mass is 10.1. The lowest BCUT2D eigenvalue weighted by molar-refractivity contribution is -0.117. The monoisotopic (exact) mass is 277 g/mol. The highest BCUT2D eigenvalue weighted by Crippen LogP contribution is 2.09. The van der Waals surface area contributed by atoms with E-state index in [-0.39, 0.29) is 17.9 Å². The third-order valence-corrected chi connectivity index (χ3v) is 4.71. The molecule has 0 heterocycles. The van der Waals surface area contributed by atoms with Gasteiger partial charge in [0.15, 0.2) is 9.84 Å². The molecule has 0 unspecified atom stereocenters. The van der Waals surface area contributed by atoms with Crippen LogP contribution in [-0.2, 0) is 14.6 Å². The normalized spacial score (nSPS) is 11.6. The van der Waals surface area contributed by atoms with Gasteiger partial charge < -0.3 is 5.73 Å². The Balaban J connectivity index is 3.44. The van der Waals surface area contributed by atoms with Gasteiger partial charge in [0.05, 0.1) is 11.5 Å². The van der Waals surface area contributed by atoms with Crippen molar-refractivity contribution < 1.29 is 13.2 Å². The number of sulfone groups is 1. The molecule has 0 atom stereocenters. The number of carbonyl (C=O) groups is 1. The first-order valence-electron chi connectivity index (χ1n) is 6.96. The first kappa shape index (κ1) is 17.4. The maximum atomic E-state index is 11.5. The molecule has 0 aromatic carbocycles. The van der Waals surface area contributed by atoms with Gasteiger partial charge in [-0.15, -0.1) is 0 Å². The SMILES string of the molecule is CCCCCCCCCCS(=O)(=O)CCC(N)=O. The van der Waals surface area contributed by atoms with Gasteiger partial charge in [0.1, 0.15) is 0 Å². The molecule has 0 aromatic heterocycles. The predicted molar refractivity (Wildman–Crippen MR) is 75.1 cm³/mol. The van der Waals surface area contributed by atoms with Crippen LogP contribution in [0.25, 0.3) is 0 Å². The Kier molecular flexibility index (Phi) is 10.0. The minimum atomic E-state index is -3.08. The number of rotatable bonds is 12. The highest BCUT2D eigenvalue weighted by Gasteiger charge is 2.11. The molecule has 0 aromatic rings. The number of carbonyl (C=O) groups excluding carboxylic acids is 1. The molecule has 5 heteroatoms. The van der Waals surface area contributed by atoms with Crippen molar-refractivity contribution in [1.82, 2.24) is 0 Å². The Morgan fingerprint density at radius 2 is 1.39 bits per heavy atom. The maximum Gasteiger partial charge on any atom is 0.218 e. The molecule has 0 fully saturated rings. The van der Waals surface area contributed by atoms with Crippen LogP contribution in [0, 0.1) is 0 Å². The molecule has 4 nitrogen and oxygen atoms in total. The zero-order valence-electron chi connectivity index (χ0n) is 11.5. The number of amides is 1. The van der Waals surface area contributed by atoms with Crippen LogP contribution in [0.1, 0.15) is 64.7 Å². The van der Waals surface area contributed by atoms with Crippen molar-refractivity contribution in [2.24, 2.45) is 5.73 Å². The molecule has 18 heavy (non-hydrogen) atoms. The predicted octanol–water partition coefficient (Wildman–Crippen LogP) is 2.42. The summed E-state index contributed by atoms with van der Waals surface area (Å²) >= 11 is 0. The van der Waals surface area contributed by atoms with Crippen LogP contribution >= 0.6 is 0 Å². The Morgan fingerprint density at radius 3 is 1.89 bits per heavy atom. The second-order valence-electron chi connectivity index (χ2n) is 4.84. The van der Waals surface area contributed by atoms with Crippen molar-refractivity contribution in [2.45, 2.75) is 64.7 Å². The van der Waals surface area contributed by atoms with Crippen LogP contribution < -0.4 is 5.73 Å². The molecular weight excluding hydrogens is 250 g/mol. The van der Waals surface area contributed by atoms with Crippen LogP contribution in [0.5, 0.6) is 0 Å². The first-order valence-corrected chi connectivity index (χ1v) is 8.79. The molecule has 0 spiro atoms. The Hall–Kier alpha value is -0.580. The minimum Gasteiger partial charge on any atom is -0.370 e. The summed E-state index contributed by atoms with van der Waals surface area (Å²) in [6, 6.07) is 0. The highest BCUT2D eigenvalue weighted by molar-refractivity contribution is 7.91. The van der Waals surface area contributed by atoms with Crippen molar-refractivity contribution >= 4 is 15.7 Å². The fourth-order valence-corrected chi connectivity index (χ4v) is 3.17. The van der Waals surface area contributed by atoms with Gasteiger partial charge in [0.2, 0.25) is 5.91 Å². The van der Waals surface area contributed by atoms with Crippen LogP contribution in [0.15, 0.2) is 0 Å². The Labute approximate surface area is 111 Å². The number of hydrogen-bond donors (Lipinski definition) is 1. The summed E-state index contributed by atoms with van der Waals surface area (Å²) in [4.78, 5) is 10.5. The lowest BCUT2D eigenvalue weighted by Crippen LogP contribution is -2.19. The van der Waals surface area contributed by atoms with Crippen molar-refractivity contribution in [2.75, 3.05) is 11.5 Å². The lowest BCUT2D eigenvalue weighted by Gasteiger charge is -2.03. The molecule has 0 radical (unpaired) electrons. The molecule has 2 N–H and O–H groups in total. The fraction of sp³-hybridized carbons (Fsp3) is 0.923. The molecule has 0 bridgehead atoms. The number of nitrogens with two attached hydrogens (primary N) is 1. The van der Waals surface area contributed by atoms with Crippen molar-refractivity contribution in [1.29, 1.82) is 0 Å². The summed E-state index contributed by atoms with van der Waals surface area (Å²) in [6.45, 7) is 2.19. The summed E-state index contributed by atoms with van der Waals surface area (Å²) < 4.78 is 23.0. The first-order chi connectivity index (χ1) is 8.48. The van der Waals surface area contributed by atoms with Crippen molar-refractivity contribution in [3.63, 3.8) is 0 Å². The van der Waals surface area contributed by atoms with E-state index >= 15 is 0 Å². The van der Waals surface area contributed by atoms with Gasteiger partial charge >= 0.3 is 0 Å². The van der Waals surface area contributed by atoms with Crippen molar-refractivity contribution in [3.8, 4) is 0 Å². The number of hydrogen-bond acceptors (Lipinski definition) is 3. The molecule has 0 saturated heterocycles. The molecule has 0 saturated carbocycles. The number of primary amides is 1. The van der Waals surface area contributed by atoms with Gasteiger partial charge in [0.25, 0.3) is 0 Å². The summed E-state index contributed by atoms with van der Waals surface area (Å²) in [5.74, 6) is -0.455. The zero-order chi connectivity index (χ0) is 13.9. The second kappa shape index (κ2) is 10.4. The van der Waals surface area contributed by atoms with Gasteiger partial charge in [0, 0.05) is 6.42 Å². The average Bonchev–Trinajstić information content (AvgIpc) is 2.30. The third kappa shape index (κ3) is 11.9. The van der Waals surface area contributed by atoms with E-state index in [9.17, 15) is 13.2 Å².